The molecule has 0 spiro atoms. The molecule has 1 atom stereocenters. The number of amides is 1. The van der Waals surface area contributed by atoms with Crippen LogP contribution in [0.15, 0.2) is 12.3 Å². The molecule has 0 saturated heterocycles. The van der Waals surface area contributed by atoms with E-state index < -0.39 is 5.60 Å². The average Bonchev–Trinajstić information content (AvgIpc) is 2.47. The van der Waals surface area contributed by atoms with Gasteiger partial charge in [-0.15, -0.1) is 0 Å². The largest absolute Gasteiger partial charge is 0.478 e. The topological polar surface area (TPSA) is 60.5 Å². The van der Waals surface area contributed by atoms with Gasteiger partial charge in [-0.25, -0.2) is 4.98 Å². The van der Waals surface area contributed by atoms with Gasteiger partial charge < -0.3 is 14.8 Å². The molecule has 0 aromatic carbocycles. The van der Waals surface area contributed by atoms with Gasteiger partial charge in [-0.05, 0) is 45.6 Å². The monoisotopic (exact) mass is 322 g/mol. The second-order valence-corrected chi connectivity index (χ2v) is 6.41. The minimum absolute atomic E-state index is 0.134. The summed E-state index contributed by atoms with van der Waals surface area (Å²) in [7, 11) is 0. The van der Waals surface area contributed by atoms with Crippen LogP contribution in [0.5, 0.6) is 5.88 Å². The molecular formula is C18H30N2O3. The van der Waals surface area contributed by atoms with Crippen LogP contribution in [-0.4, -0.2) is 29.7 Å². The van der Waals surface area contributed by atoms with Crippen LogP contribution in [0, 0.1) is 12.8 Å². The first-order valence-corrected chi connectivity index (χ1v) is 8.37. The summed E-state index contributed by atoms with van der Waals surface area (Å²) in [4.78, 5) is 17.0. The van der Waals surface area contributed by atoms with Crippen molar-refractivity contribution in [2.24, 2.45) is 5.92 Å². The van der Waals surface area contributed by atoms with Crippen molar-refractivity contribution in [1.82, 2.24) is 4.98 Å². The highest BCUT2D eigenvalue weighted by molar-refractivity contribution is 5.97. The van der Waals surface area contributed by atoms with Crippen molar-refractivity contribution in [2.45, 2.75) is 60.0 Å². The zero-order valence-corrected chi connectivity index (χ0v) is 15.2. The quantitative estimate of drug-likeness (QED) is 0.747. The second-order valence-electron chi connectivity index (χ2n) is 6.41. The fourth-order valence-electron chi connectivity index (χ4n) is 2.51. The number of nitrogens with zero attached hydrogens (tertiary/aromatic N) is 1. The Morgan fingerprint density at radius 2 is 2.09 bits per heavy atom. The summed E-state index contributed by atoms with van der Waals surface area (Å²) in [6.07, 6.45) is 3.17. The summed E-state index contributed by atoms with van der Waals surface area (Å²) in [6, 6.07) is 1.87. The molecule has 130 valence electrons. The first kappa shape index (κ1) is 19.4. The van der Waals surface area contributed by atoms with Crippen molar-refractivity contribution in [2.75, 3.05) is 18.5 Å². The maximum Gasteiger partial charge on any atom is 0.256 e. The number of hydrogen-bond donors (Lipinski definition) is 1. The molecule has 0 aliphatic rings. The van der Waals surface area contributed by atoms with Crippen LogP contribution in [0.3, 0.4) is 0 Å². The van der Waals surface area contributed by atoms with Gasteiger partial charge in [-0.3, -0.25) is 4.79 Å². The van der Waals surface area contributed by atoms with E-state index in [-0.39, 0.29) is 5.91 Å². The lowest BCUT2D eigenvalue weighted by Crippen LogP contribution is -2.44. The van der Waals surface area contributed by atoms with Crippen LogP contribution in [0.25, 0.3) is 0 Å². The number of aryl methyl sites for hydroxylation is 1. The highest BCUT2D eigenvalue weighted by Gasteiger charge is 2.35. The molecular weight excluding hydrogens is 292 g/mol. The summed E-state index contributed by atoms with van der Waals surface area (Å²) in [5, 5.41) is 2.92. The number of ether oxygens (including phenoxy) is 2. The number of nitrogens with one attached hydrogen (secondary N) is 1. The molecule has 1 rings (SSSR count). The number of rotatable bonds is 9. The molecule has 0 bridgehead atoms. The van der Waals surface area contributed by atoms with Crippen molar-refractivity contribution in [3.63, 3.8) is 0 Å². The van der Waals surface area contributed by atoms with Crippen LogP contribution < -0.4 is 10.1 Å². The van der Waals surface area contributed by atoms with Gasteiger partial charge in [0.1, 0.15) is 5.60 Å². The number of aromatic nitrogens is 1. The van der Waals surface area contributed by atoms with E-state index in [1.54, 1.807) is 6.20 Å². The molecule has 5 nitrogen and oxygen atoms in total. The predicted molar refractivity (Wildman–Crippen MR) is 92.9 cm³/mol. The van der Waals surface area contributed by atoms with E-state index in [0.717, 1.165) is 12.0 Å². The van der Waals surface area contributed by atoms with E-state index in [2.05, 4.69) is 24.1 Å². The molecule has 23 heavy (non-hydrogen) atoms. The van der Waals surface area contributed by atoms with Gasteiger partial charge in [0.05, 0.1) is 18.5 Å². The number of anilines is 1. The third kappa shape index (κ3) is 5.82. The number of carbonyl (C=O) groups is 1. The number of carbonyl (C=O) groups excluding carboxylic acids is 1. The predicted octanol–water partition coefficient (Wildman–Crippen LogP) is 3.96. The van der Waals surface area contributed by atoms with Gasteiger partial charge >= 0.3 is 0 Å². The van der Waals surface area contributed by atoms with Crippen molar-refractivity contribution in [3.05, 3.63) is 17.8 Å². The molecule has 1 heterocycles. The molecule has 5 heteroatoms. The normalized spacial score (nSPS) is 13.7. The molecule has 0 aliphatic carbocycles. The highest BCUT2D eigenvalue weighted by Crippen LogP contribution is 2.25. The Labute approximate surface area is 139 Å². The second kappa shape index (κ2) is 8.87. The van der Waals surface area contributed by atoms with Gasteiger partial charge in [0.25, 0.3) is 5.91 Å². The molecule has 1 aromatic heterocycles. The molecule has 0 unspecified atom stereocenters. The Kier molecular flexibility index (Phi) is 7.49. The zero-order valence-electron chi connectivity index (χ0n) is 15.2. The first-order chi connectivity index (χ1) is 10.8. The Morgan fingerprint density at radius 1 is 1.39 bits per heavy atom. The van der Waals surface area contributed by atoms with Crippen LogP contribution in [0.2, 0.25) is 0 Å². The zero-order chi connectivity index (χ0) is 17.5. The van der Waals surface area contributed by atoms with Crippen LogP contribution in [-0.2, 0) is 9.53 Å². The summed E-state index contributed by atoms with van der Waals surface area (Å²) in [5.74, 6) is 0.825. The molecule has 0 fully saturated rings. The van der Waals surface area contributed by atoms with E-state index in [0.29, 0.717) is 37.1 Å². The van der Waals surface area contributed by atoms with Crippen molar-refractivity contribution < 1.29 is 14.3 Å². The lowest BCUT2D eigenvalue weighted by atomic mass is 9.93. The Hall–Kier alpha value is -1.62. The van der Waals surface area contributed by atoms with Gasteiger partial charge in [-0.2, -0.15) is 0 Å². The maximum absolute atomic E-state index is 12.7. The highest BCUT2D eigenvalue weighted by atomic mass is 16.5. The van der Waals surface area contributed by atoms with Gasteiger partial charge in [-0.1, -0.05) is 20.8 Å². The standard InChI is InChI=1S/C18H30N2O3/c1-7-9-23-18(6,11-13(3)4)17(21)20-15-10-14(5)16(19-12-15)22-8-2/h10,12-13H,7-9,11H2,1-6H3,(H,20,21)/t18-/m1/s1. The van der Waals surface area contributed by atoms with Crippen LogP contribution in [0.4, 0.5) is 5.69 Å². The van der Waals surface area contributed by atoms with Gasteiger partial charge in [0, 0.05) is 12.2 Å². The fourth-order valence-corrected chi connectivity index (χ4v) is 2.51. The first-order valence-electron chi connectivity index (χ1n) is 8.37. The molecule has 1 amide bonds. The molecule has 1 N–H and O–H groups in total. The Morgan fingerprint density at radius 3 is 2.61 bits per heavy atom. The SMILES string of the molecule is CCCO[C@](C)(CC(C)C)C(=O)Nc1cnc(OCC)c(C)c1. The fraction of sp³-hybridized carbons (Fsp3) is 0.667. The molecule has 1 aromatic rings. The van der Waals surface area contributed by atoms with E-state index >= 15 is 0 Å². The van der Waals surface area contributed by atoms with Gasteiger partial charge in [0.15, 0.2) is 0 Å². The smallest absolute Gasteiger partial charge is 0.256 e. The van der Waals surface area contributed by atoms with E-state index in [9.17, 15) is 4.79 Å². The van der Waals surface area contributed by atoms with E-state index in [4.69, 9.17) is 9.47 Å². The lowest BCUT2D eigenvalue weighted by molar-refractivity contribution is -0.141. The van der Waals surface area contributed by atoms with Crippen molar-refractivity contribution >= 4 is 11.6 Å². The molecule has 0 radical (unpaired) electrons. The number of hydrogen-bond acceptors (Lipinski definition) is 4. The van der Waals surface area contributed by atoms with E-state index in [1.807, 2.05) is 33.8 Å². The van der Waals surface area contributed by atoms with Gasteiger partial charge in [0.2, 0.25) is 5.88 Å². The van der Waals surface area contributed by atoms with E-state index in [1.165, 1.54) is 0 Å². The maximum atomic E-state index is 12.7. The average molecular weight is 322 g/mol. The summed E-state index contributed by atoms with van der Waals surface area (Å²) < 4.78 is 11.3. The minimum Gasteiger partial charge on any atom is -0.478 e. The third-order valence-corrected chi connectivity index (χ3v) is 3.47. The van der Waals surface area contributed by atoms with Crippen LogP contribution in [0.1, 0.15) is 53.0 Å². The summed E-state index contributed by atoms with van der Waals surface area (Å²) in [5.41, 5.74) is 0.715. The summed E-state index contributed by atoms with van der Waals surface area (Å²) in [6.45, 7) is 13.0. The molecule has 0 saturated carbocycles. The van der Waals surface area contributed by atoms with Crippen molar-refractivity contribution in [1.29, 1.82) is 0 Å². The lowest BCUT2D eigenvalue weighted by Gasteiger charge is -2.30. The van der Waals surface area contributed by atoms with Crippen LogP contribution >= 0.6 is 0 Å². The molecule has 0 aliphatic heterocycles. The number of pyridine rings is 1. The minimum atomic E-state index is -0.837. The Balaban J connectivity index is 2.87. The van der Waals surface area contributed by atoms with Crippen molar-refractivity contribution in [3.8, 4) is 5.88 Å². The summed E-state index contributed by atoms with van der Waals surface area (Å²) >= 11 is 0. The third-order valence-electron chi connectivity index (χ3n) is 3.47. The Bertz CT molecular complexity index is 517.